The number of Topliss-reactive ketones (excluding diaryl/α,β-unsaturated/α-hetero) is 1. The molecule has 0 saturated heterocycles. The van der Waals surface area contributed by atoms with Crippen LogP contribution in [0.1, 0.15) is 29.8 Å². The summed E-state index contributed by atoms with van der Waals surface area (Å²) in [4.78, 5) is 38.9. The van der Waals surface area contributed by atoms with Gasteiger partial charge in [-0.3, -0.25) is 14.4 Å². The van der Waals surface area contributed by atoms with Crippen LogP contribution in [0.4, 0.5) is 24.7 Å². The Hall–Kier alpha value is -3.20. The topological polar surface area (TPSA) is 88.2 Å². The molecule has 0 fully saturated rings. The molecule has 1 aromatic heterocycles. The molecule has 0 saturated carbocycles. The summed E-state index contributed by atoms with van der Waals surface area (Å²) in [5.74, 6) is -1.76. The Morgan fingerprint density at radius 2 is 1.69 bits per heavy atom. The molecule has 0 aliphatic rings. The summed E-state index contributed by atoms with van der Waals surface area (Å²) >= 11 is 5.72. The molecular weight excluding hydrogens is 411 g/mol. The number of amides is 2. The molecule has 10 heteroatoms. The highest BCUT2D eigenvalue weighted by atomic mass is 35.5. The van der Waals surface area contributed by atoms with E-state index in [0.717, 1.165) is 6.08 Å². The highest BCUT2D eigenvalue weighted by Gasteiger charge is 2.31. The summed E-state index contributed by atoms with van der Waals surface area (Å²) < 4.78 is 37.8. The van der Waals surface area contributed by atoms with Gasteiger partial charge >= 0.3 is 6.18 Å². The Morgan fingerprint density at radius 3 is 2.21 bits per heavy atom. The van der Waals surface area contributed by atoms with E-state index in [4.69, 9.17) is 11.6 Å². The van der Waals surface area contributed by atoms with Crippen LogP contribution in [0.5, 0.6) is 0 Å². The van der Waals surface area contributed by atoms with Crippen molar-refractivity contribution in [2.75, 3.05) is 10.6 Å². The van der Waals surface area contributed by atoms with Gasteiger partial charge in [0.05, 0.1) is 10.6 Å². The molecule has 1 aromatic carbocycles. The second-order valence-electron chi connectivity index (χ2n) is 5.96. The Balaban J connectivity index is 2.04. The van der Waals surface area contributed by atoms with Gasteiger partial charge < -0.3 is 10.6 Å². The van der Waals surface area contributed by atoms with Gasteiger partial charge in [0.25, 0.3) is 5.91 Å². The highest BCUT2D eigenvalue weighted by Crippen LogP contribution is 2.32. The van der Waals surface area contributed by atoms with Gasteiger partial charge in [0.2, 0.25) is 5.91 Å². The molecule has 0 bridgehead atoms. The fourth-order valence-electron chi connectivity index (χ4n) is 2.12. The average Bonchev–Trinajstić information content (AvgIpc) is 2.62. The molecule has 6 nitrogen and oxygen atoms in total. The third kappa shape index (κ3) is 6.15. The van der Waals surface area contributed by atoms with Crippen molar-refractivity contribution in [3.05, 3.63) is 64.3 Å². The van der Waals surface area contributed by atoms with Crippen molar-refractivity contribution in [1.29, 1.82) is 0 Å². The molecule has 0 aliphatic heterocycles. The number of carbonyl (C=O) groups excluding carboxylic acids is 3. The van der Waals surface area contributed by atoms with E-state index in [0.29, 0.717) is 23.5 Å². The van der Waals surface area contributed by atoms with Crippen molar-refractivity contribution in [3.8, 4) is 0 Å². The van der Waals surface area contributed by atoms with Crippen LogP contribution in [0, 0.1) is 0 Å². The van der Waals surface area contributed by atoms with Gasteiger partial charge in [0, 0.05) is 29.1 Å². The van der Waals surface area contributed by atoms with E-state index in [1.807, 2.05) is 0 Å². The SMILES string of the molecule is CC(=O)c1ccc(NC(=O)/C(C)=C\C(=O)Nc2ncc(C(F)(F)F)cc2Cl)cc1. The molecule has 0 spiro atoms. The summed E-state index contributed by atoms with van der Waals surface area (Å²) in [6, 6.07) is 6.80. The van der Waals surface area contributed by atoms with Gasteiger partial charge in [0.15, 0.2) is 11.6 Å². The number of anilines is 2. The van der Waals surface area contributed by atoms with Crippen LogP contribution in [0.3, 0.4) is 0 Å². The van der Waals surface area contributed by atoms with Gasteiger partial charge in [-0.05, 0) is 44.2 Å². The van der Waals surface area contributed by atoms with Crippen LogP contribution in [0.25, 0.3) is 0 Å². The zero-order valence-corrected chi connectivity index (χ0v) is 16.0. The second-order valence-corrected chi connectivity index (χ2v) is 6.36. The van der Waals surface area contributed by atoms with Crippen molar-refractivity contribution in [2.45, 2.75) is 20.0 Å². The van der Waals surface area contributed by atoms with Crippen molar-refractivity contribution in [3.63, 3.8) is 0 Å². The van der Waals surface area contributed by atoms with Crippen molar-refractivity contribution >= 4 is 40.7 Å². The molecule has 0 radical (unpaired) electrons. The summed E-state index contributed by atoms with van der Waals surface area (Å²) in [5, 5.41) is 4.37. The summed E-state index contributed by atoms with van der Waals surface area (Å²) in [6.45, 7) is 2.79. The quantitative estimate of drug-likeness (QED) is 0.546. The first-order chi connectivity index (χ1) is 13.5. The van der Waals surface area contributed by atoms with E-state index in [-0.39, 0.29) is 17.2 Å². The number of halogens is 4. The number of alkyl halides is 3. The number of carbonyl (C=O) groups is 3. The van der Waals surface area contributed by atoms with Crippen LogP contribution in [0.2, 0.25) is 5.02 Å². The normalized spacial score (nSPS) is 11.7. The largest absolute Gasteiger partial charge is 0.417 e. The van der Waals surface area contributed by atoms with Crippen LogP contribution >= 0.6 is 11.6 Å². The van der Waals surface area contributed by atoms with Crippen LogP contribution < -0.4 is 10.6 Å². The molecule has 2 rings (SSSR count). The second kappa shape index (κ2) is 8.87. The van der Waals surface area contributed by atoms with Crippen molar-refractivity contribution in [2.24, 2.45) is 0 Å². The Kier molecular flexibility index (Phi) is 6.76. The van der Waals surface area contributed by atoms with Crippen LogP contribution in [-0.4, -0.2) is 22.6 Å². The highest BCUT2D eigenvalue weighted by molar-refractivity contribution is 6.33. The molecular formula is C19H15ClF3N3O3. The van der Waals surface area contributed by atoms with E-state index in [1.54, 1.807) is 12.1 Å². The smallest absolute Gasteiger partial charge is 0.322 e. The van der Waals surface area contributed by atoms with E-state index >= 15 is 0 Å². The first-order valence-electron chi connectivity index (χ1n) is 8.11. The first kappa shape index (κ1) is 22.1. The molecule has 1 heterocycles. The zero-order chi connectivity index (χ0) is 21.8. The van der Waals surface area contributed by atoms with Gasteiger partial charge in [0.1, 0.15) is 0 Å². The predicted molar refractivity (Wildman–Crippen MR) is 102 cm³/mol. The number of hydrogen-bond acceptors (Lipinski definition) is 4. The van der Waals surface area contributed by atoms with E-state index < -0.39 is 28.6 Å². The Bertz CT molecular complexity index is 986. The van der Waals surface area contributed by atoms with Gasteiger partial charge in [-0.1, -0.05) is 11.6 Å². The standard InChI is InChI=1S/C19H15ClF3N3O3/c1-10(18(29)25-14-5-3-12(4-6-14)11(2)27)7-16(28)26-17-15(20)8-13(9-24-17)19(21,22)23/h3-9H,1-2H3,(H,25,29)(H,24,26,28)/b10-7-. The maximum atomic E-state index is 12.6. The Labute approximate surface area is 168 Å². The lowest BCUT2D eigenvalue weighted by atomic mass is 10.1. The van der Waals surface area contributed by atoms with Gasteiger partial charge in [-0.2, -0.15) is 13.2 Å². The van der Waals surface area contributed by atoms with E-state index in [2.05, 4.69) is 15.6 Å². The summed E-state index contributed by atoms with van der Waals surface area (Å²) in [7, 11) is 0. The monoisotopic (exact) mass is 425 g/mol. The fourth-order valence-corrected chi connectivity index (χ4v) is 2.33. The number of hydrogen-bond donors (Lipinski definition) is 2. The molecule has 152 valence electrons. The number of ketones is 1. The Morgan fingerprint density at radius 1 is 1.07 bits per heavy atom. The number of pyridine rings is 1. The number of nitrogens with one attached hydrogen (secondary N) is 2. The molecule has 0 unspecified atom stereocenters. The zero-order valence-electron chi connectivity index (χ0n) is 15.2. The average molecular weight is 426 g/mol. The van der Waals surface area contributed by atoms with E-state index in [1.165, 1.54) is 26.0 Å². The minimum Gasteiger partial charge on any atom is -0.322 e. The molecule has 2 N–H and O–H groups in total. The number of aromatic nitrogens is 1. The number of benzene rings is 1. The molecule has 2 aromatic rings. The maximum absolute atomic E-state index is 12.6. The minimum atomic E-state index is -4.61. The number of nitrogens with zero attached hydrogens (tertiary/aromatic N) is 1. The molecule has 29 heavy (non-hydrogen) atoms. The molecule has 0 aliphatic carbocycles. The summed E-state index contributed by atoms with van der Waals surface area (Å²) in [5.41, 5.74) is -0.125. The predicted octanol–water partition coefficient (Wildman–Crippen LogP) is 4.48. The van der Waals surface area contributed by atoms with Gasteiger partial charge in [-0.25, -0.2) is 4.98 Å². The third-order valence-corrected chi connectivity index (χ3v) is 3.95. The van der Waals surface area contributed by atoms with Crippen molar-refractivity contribution < 1.29 is 27.6 Å². The third-order valence-electron chi connectivity index (χ3n) is 3.67. The first-order valence-corrected chi connectivity index (χ1v) is 8.49. The fraction of sp³-hybridized carbons (Fsp3) is 0.158. The summed E-state index contributed by atoms with van der Waals surface area (Å²) in [6.07, 6.45) is -3.12. The van der Waals surface area contributed by atoms with Gasteiger partial charge in [-0.15, -0.1) is 0 Å². The maximum Gasteiger partial charge on any atom is 0.417 e. The number of rotatable bonds is 5. The van der Waals surface area contributed by atoms with Crippen LogP contribution in [-0.2, 0) is 15.8 Å². The molecule has 0 atom stereocenters. The van der Waals surface area contributed by atoms with E-state index in [9.17, 15) is 27.6 Å². The lowest BCUT2D eigenvalue weighted by Crippen LogP contribution is -2.17. The molecule has 2 amide bonds. The van der Waals surface area contributed by atoms with Crippen LogP contribution in [0.15, 0.2) is 48.2 Å². The lowest BCUT2D eigenvalue weighted by Gasteiger charge is -2.09. The van der Waals surface area contributed by atoms with Crippen molar-refractivity contribution in [1.82, 2.24) is 4.98 Å². The minimum absolute atomic E-state index is 0.0289. The lowest BCUT2D eigenvalue weighted by molar-refractivity contribution is -0.137.